The molecule has 1 aromatic heterocycles. The van der Waals surface area contributed by atoms with Gasteiger partial charge in [0, 0.05) is 36.4 Å². The molecule has 1 N–H and O–H groups in total. The molecule has 0 radical (unpaired) electrons. The SMILES string of the molecule is C[C@]12CCC(=O)C=C1NC[C@@H]1[C@@H]2CC[C@]2(C)C(c3cncs3)=CC[C@@H]12. The van der Waals surface area contributed by atoms with Crippen molar-refractivity contribution in [3.8, 4) is 0 Å². The zero-order chi connectivity index (χ0) is 17.2. The molecule has 0 spiro atoms. The lowest BCUT2D eigenvalue weighted by molar-refractivity contribution is -0.117. The van der Waals surface area contributed by atoms with E-state index in [0.717, 1.165) is 19.4 Å². The van der Waals surface area contributed by atoms with Crippen LogP contribution in [0.4, 0.5) is 0 Å². The summed E-state index contributed by atoms with van der Waals surface area (Å²) in [6.07, 6.45) is 11.9. The Labute approximate surface area is 153 Å². The maximum absolute atomic E-state index is 11.9. The van der Waals surface area contributed by atoms with Crippen LogP contribution >= 0.6 is 11.3 Å². The number of aromatic nitrogens is 1. The lowest BCUT2D eigenvalue weighted by Gasteiger charge is -2.57. The second-order valence-corrected chi connectivity index (χ2v) is 9.76. The molecule has 2 fully saturated rings. The van der Waals surface area contributed by atoms with E-state index in [1.54, 1.807) is 16.9 Å². The van der Waals surface area contributed by atoms with Gasteiger partial charge in [-0.2, -0.15) is 0 Å². The average Bonchev–Trinajstić information content (AvgIpc) is 3.22. The largest absolute Gasteiger partial charge is 0.387 e. The van der Waals surface area contributed by atoms with E-state index in [9.17, 15) is 4.79 Å². The third-order valence-electron chi connectivity index (χ3n) is 7.87. The molecule has 0 amide bonds. The maximum Gasteiger partial charge on any atom is 0.157 e. The van der Waals surface area contributed by atoms with Crippen LogP contribution < -0.4 is 5.32 Å². The number of allylic oxidation sites excluding steroid dienone is 4. The van der Waals surface area contributed by atoms with Crippen LogP contribution in [-0.2, 0) is 4.79 Å². The van der Waals surface area contributed by atoms with Crippen molar-refractivity contribution < 1.29 is 4.79 Å². The normalized spacial score (nSPS) is 42.6. The van der Waals surface area contributed by atoms with E-state index in [2.05, 4.69) is 30.2 Å². The van der Waals surface area contributed by atoms with Crippen molar-refractivity contribution in [3.05, 3.63) is 34.4 Å². The molecule has 5 rings (SSSR count). The molecule has 1 aliphatic heterocycles. The Morgan fingerprint density at radius 1 is 1.24 bits per heavy atom. The lowest BCUT2D eigenvalue weighted by atomic mass is 9.50. The van der Waals surface area contributed by atoms with Crippen LogP contribution in [-0.4, -0.2) is 17.3 Å². The predicted octanol–water partition coefficient (Wildman–Crippen LogP) is 4.44. The first kappa shape index (κ1) is 15.8. The minimum Gasteiger partial charge on any atom is -0.387 e. The lowest BCUT2D eigenvalue weighted by Crippen LogP contribution is -2.56. The molecule has 3 nitrogen and oxygen atoms in total. The Hall–Kier alpha value is -1.42. The van der Waals surface area contributed by atoms with Gasteiger partial charge in [0.15, 0.2) is 5.78 Å². The summed E-state index contributed by atoms with van der Waals surface area (Å²) in [4.78, 5) is 17.6. The maximum atomic E-state index is 11.9. The van der Waals surface area contributed by atoms with Crippen molar-refractivity contribution in [1.29, 1.82) is 0 Å². The van der Waals surface area contributed by atoms with E-state index in [-0.39, 0.29) is 10.8 Å². The van der Waals surface area contributed by atoms with Gasteiger partial charge in [-0.25, -0.2) is 0 Å². The average molecular weight is 355 g/mol. The summed E-state index contributed by atoms with van der Waals surface area (Å²) in [5, 5.41) is 3.68. The molecule has 0 bridgehead atoms. The topological polar surface area (TPSA) is 42.0 Å². The van der Waals surface area contributed by atoms with Crippen LogP contribution in [0.15, 0.2) is 29.6 Å². The van der Waals surface area contributed by atoms with Crippen LogP contribution in [0.25, 0.3) is 5.57 Å². The Kier molecular flexibility index (Phi) is 3.35. The second-order valence-electron chi connectivity index (χ2n) is 8.87. The Morgan fingerprint density at radius 2 is 2.12 bits per heavy atom. The zero-order valence-electron chi connectivity index (χ0n) is 15.0. The molecule has 2 heterocycles. The van der Waals surface area contributed by atoms with E-state index in [1.807, 2.05) is 17.8 Å². The zero-order valence-corrected chi connectivity index (χ0v) is 15.9. The minimum atomic E-state index is 0.172. The van der Waals surface area contributed by atoms with Gasteiger partial charge in [-0.3, -0.25) is 9.78 Å². The third-order valence-corrected chi connectivity index (χ3v) is 8.68. The van der Waals surface area contributed by atoms with E-state index < -0.39 is 0 Å². The van der Waals surface area contributed by atoms with Gasteiger partial charge in [-0.15, -0.1) is 11.3 Å². The molecular formula is C21H26N2OS. The fourth-order valence-electron chi connectivity index (χ4n) is 6.44. The Balaban J connectivity index is 1.49. The number of carbonyl (C=O) groups is 1. The van der Waals surface area contributed by atoms with Gasteiger partial charge < -0.3 is 5.32 Å². The van der Waals surface area contributed by atoms with Crippen LogP contribution in [0.5, 0.6) is 0 Å². The van der Waals surface area contributed by atoms with Crippen molar-refractivity contribution in [3.63, 3.8) is 0 Å². The quantitative estimate of drug-likeness (QED) is 0.811. The Bertz CT molecular complexity index is 780. The summed E-state index contributed by atoms with van der Waals surface area (Å²) in [6.45, 7) is 5.93. The molecule has 5 atom stereocenters. The summed E-state index contributed by atoms with van der Waals surface area (Å²) in [5.74, 6) is 2.43. The predicted molar refractivity (Wildman–Crippen MR) is 101 cm³/mol. The highest BCUT2D eigenvalue weighted by atomic mass is 32.1. The summed E-state index contributed by atoms with van der Waals surface area (Å²) in [5.41, 5.74) is 5.19. The van der Waals surface area contributed by atoms with Gasteiger partial charge in [0.05, 0.1) is 10.4 Å². The van der Waals surface area contributed by atoms with Gasteiger partial charge in [-0.1, -0.05) is 19.9 Å². The standard InChI is InChI=1S/C21H26N2OS/c1-20-8-6-16-14(10-23-19-9-13(24)5-7-21(16,19)2)15(20)3-4-17(20)18-11-22-12-25-18/h4,9,11-12,14-16,23H,3,5-8,10H2,1-2H3/t14-,15-,16-,20-,21+/m0/s1. The number of carbonyl (C=O) groups excluding carboxylic acids is 1. The summed E-state index contributed by atoms with van der Waals surface area (Å²) in [6, 6.07) is 0. The monoisotopic (exact) mass is 354 g/mol. The molecule has 25 heavy (non-hydrogen) atoms. The molecule has 4 aliphatic rings. The van der Waals surface area contributed by atoms with Gasteiger partial charge in [0.25, 0.3) is 0 Å². The Morgan fingerprint density at radius 3 is 2.92 bits per heavy atom. The molecule has 132 valence electrons. The van der Waals surface area contributed by atoms with E-state index in [0.29, 0.717) is 23.5 Å². The molecule has 0 unspecified atom stereocenters. The third kappa shape index (κ3) is 2.09. The van der Waals surface area contributed by atoms with Crippen molar-refractivity contribution in [1.82, 2.24) is 10.3 Å². The number of hydrogen-bond donors (Lipinski definition) is 1. The second kappa shape index (κ2) is 5.29. The van der Waals surface area contributed by atoms with E-state index >= 15 is 0 Å². The van der Waals surface area contributed by atoms with Crippen molar-refractivity contribution in [2.75, 3.05) is 6.54 Å². The smallest absolute Gasteiger partial charge is 0.157 e. The van der Waals surface area contributed by atoms with Gasteiger partial charge >= 0.3 is 0 Å². The summed E-state index contributed by atoms with van der Waals surface area (Å²) >= 11 is 1.78. The molecule has 1 saturated heterocycles. The highest BCUT2D eigenvalue weighted by molar-refractivity contribution is 7.10. The van der Waals surface area contributed by atoms with Crippen LogP contribution in [0.2, 0.25) is 0 Å². The number of rotatable bonds is 1. The van der Waals surface area contributed by atoms with E-state index in [1.165, 1.54) is 29.8 Å². The molecule has 3 aliphatic carbocycles. The number of hydrogen-bond acceptors (Lipinski definition) is 4. The number of nitrogens with one attached hydrogen (secondary N) is 1. The number of piperidine rings is 1. The molecule has 0 aromatic carbocycles. The van der Waals surface area contributed by atoms with Crippen LogP contribution in [0.3, 0.4) is 0 Å². The van der Waals surface area contributed by atoms with Gasteiger partial charge in [0.2, 0.25) is 0 Å². The number of nitrogens with zero attached hydrogens (tertiary/aromatic N) is 1. The first-order valence-electron chi connectivity index (χ1n) is 9.61. The van der Waals surface area contributed by atoms with Crippen molar-refractivity contribution >= 4 is 22.7 Å². The minimum absolute atomic E-state index is 0.172. The highest BCUT2D eigenvalue weighted by Gasteiger charge is 2.57. The fourth-order valence-corrected chi connectivity index (χ4v) is 7.24. The van der Waals surface area contributed by atoms with Gasteiger partial charge in [-0.05, 0) is 54.4 Å². The molecule has 1 aromatic rings. The van der Waals surface area contributed by atoms with Gasteiger partial charge in [0.1, 0.15) is 0 Å². The van der Waals surface area contributed by atoms with E-state index in [4.69, 9.17) is 0 Å². The first-order valence-corrected chi connectivity index (χ1v) is 10.5. The van der Waals surface area contributed by atoms with Crippen LogP contribution in [0.1, 0.15) is 50.8 Å². The fraction of sp³-hybridized carbons (Fsp3) is 0.619. The van der Waals surface area contributed by atoms with Crippen molar-refractivity contribution in [2.24, 2.45) is 28.6 Å². The highest BCUT2D eigenvalue weighted by Crippen LogP contribution is 2.64. The summed E-state index contributed by atoms with van der Waals surface area (Å²) < 4.78 is 0. The molecule has 1 saturated carbocycles. The van der Waals surface area contributed by atoms with Crippen LogP contribution in [0, 0.1) is 28.6 Å². The number of thiazole rings is 1. The summed E-state index contributed by atoms with van der Waals surface area (Å²) in [7, 11) is 0. The van der Waals surface area contributed by atoms with Crippen molar-refractivity contribution in [2.45, 2.75) is 46.0 Å². The molecular weight excluding hydrogens is 328 g/mol. The number of ketones is 1. The molecule has 4 heteroatoms. The first-order chi connectivity index (χ1) is 12.0. The number of fused-ring (bicyclic) bond motifs is 5.